The van der Waals surface area contributed by atoms with Crippen molar-refractivity contribution in [3.05, 3.63) is 35.9 Å². The fourth-order valence-corrected chi connectivity index (χ4v) is 2.37. The fraction of sp³-hybridized carbons (Fsp3) is 0.471. The van der Waals surface area contributed by atoms with Gasteiger partial charge < -0.3 is 9.80 Å². The molecule has 106 valence electrons. The second-order valence-corrected chi connectivity index (χ2v) is 5.19. The molecule has 20 heavy (non-hydrogen) atoms. The first-order chi connectivity index (χ1) is 9.81. The second-order valence-electron chi connectivity index (χ2n) is 5.19. The number of carbonyl (C=O) groups excluding carboxylic acids is 1. The van der Waals surface area contributed by atoms with Crippen molar-refractivity contribution in [3.8, 4) is 11.8 Å². The Bertz CT molecular complexity index is 479. The minimum absolute atomic E-state index is 0.154. The maximum absolute atomic E-state index is 12.3. The smallest absolute Gasteiger partial charge is 0.254 e. The molecule has 1 aromatic rings. The van der Waals surface area contributed by atoms with Crippen molar-refractivity contribution in [2.24, 2.45) is 0 Å². The van der Waals surface area contributed by atoms with Crippen LogP contribution < -0.4 is 4.90 Å². The van der Waals surface area contributed by atoms with Crippen LogP contribution in [0.2, 0.25) is 0 Å². The molecule has 0 unspecified atom stereocenters. The molecule has 0 bridgehead atoms. The molecule has 1 N–H and O–H groups in total. The predicted molar refractivity (Wildman–Crippen MR) is 80.6 cm³/mol. The van der Waals surface area contributed by atoms with Crippen LogP contribution in [0, 0.1) is 11.8 Å². The van der Waals surface area contributed by atoms with Gasteiger partial charge in [0.1, 0.15) is 6.54 Å². The molecule has 0 atom stereocenters. The van der Waals surface area contributed by atoms with Gasteiger partial charge in [-0.15, -0.1) is 0 Å². The number of piperazine rings is 1. The van der Waals surface area contributed by atoms with Crippen molar-refractivity contribution in [2.75, 3.05) is 32.7 Å². The van der Waals surface area contributed by atoms with E-state index in [1.54, 1.807) is 0 Å². The van der Waals surface area contributed by atoms with E-state index in [1.165, 1.54) is 4.90 Å². The summed E-state index contributed by atoms with van der Waals surface area (Å²) in [5.74, 6) is 6.59. The lowest BCUT2D eigenvalue weighted by atomic mass is 10.2. The zero-order chi connectivity index (χ0) is 14.2. The summed E-state index contributed by atoms with van der Waals surface area (Å²) in [6.45, 7) is 6.72. The van der Waals surface area contributed by atoms with E-state index < -0.39 is 0 Å². The van der Waals surface area contributed by atoms with Gasteiger partial charge in [0.25, 0.3) is 5.91 Å². The van der Waals surface area contributed by atoms with E-state index in [-0.39, 0.29) is 5.91 Å². The summed E-state index contributed by atoms with van der Waals surface area (Å²) in [5, 5.41) is 0. The van der Waals surface area contributed by atoms with Crippen molar-refractivity contribution < 1.29 is 9.69 Å². The number of rotatable bonds is 3. The first kappa shape index (κ1) is 14.6. The van der Waals surface area contributed by atoms with Gasteiger partial charge in [0.05, 0.1) is 26.2 Å². The molecule has 0 aromatic heterocycles. The molecule has 3 nitrogen and oxygen atoms in total. The molecule has 1 heterocycles. The summed E-state index contributed by atoms with van der Waals surface area (Å²) in [5.41, 5.74) is 0.790. The molecule has 0 saturated carbocycles. The summed E-state index contributed by atoms with van der Waals surface area (Å²) >= 11 is 0. The van der Waals surface area contributed by atoms with Crippen molar-refractivity contribution in [3.63, 3.8) is 0 Å². The lowest BCUT2D eigenvalue weighted by molar-refractivity contribution is -0.896. The van der Waals surface area contributed by atoms with Crippen molar-refractivity contribution in [2.45, 2.75) is 19.8 Å². The summed E-state index contributed by atoms with van der Waals surface area (Å²) < 4.78 is 0. The quantitative estimate of drug-likeness (QED) is 0.809. The van der Waals surface area contributed by atoms with Crippen LogP contribution >= 0.6 is 0 Å². The number of hydrogen-bond donors (Lipinski definition) is 1. The molecule has 3 heteroatoms. The third-order valence-corrected chi connectivity index (χ3v) is 3.62. The minimum atomic E-state index is 0.154. The molecule has 2 rings (SSSR count). The monoisotopic (exact) mass is 271 g/mol. The van der Waals surface area contributed by atoms with Crippen LogP contribution in [0.4, 0.5) is 0 Å². The third kappa shape index (κ3) is 4.11. The lowest BCUT2D eigenvalue weighted by Gasteiger charge is -2.31. The summed E-state index contributed by atoms with van der Waals surface area (Å²) in [6.07, 6.45) is 2.12. The fourth-order valence-electron chi connectivity index (χ4n) is 2.37. The van der Waals surface area contributed by atoms with Crippen LogP contribution in [0.5, 0.6) is 0 Å². The Morgan fingerprint density at radius 2 is 1.90 bits per heavy atom. The largest absolute Gasteiger partial charge is 0.327 e. The molecule has 1 aromatic carbocycles. The highest BCUT2D eigenvalue weighted by atomic mass is 16.2. The topological polar surface area (TPSA) is 24.8 Å². The number of quaternary nitrogens is 1. The molecule has 1 aliphatic heterocycles. The van der Waals surface area contributed by atoms with E-state index in [1.807, 2.05) is 35.2 Å². The molecular formula is C17H23N2O+. The van der Waals surface area contributed by atoms with Crippen LogP contribution in [0.3, 0.4) is 0 Å². The molecule has 0 spiro atoms. The van der Waals surface area contributed by atoms with Gasteiger partial charge in [-0.2, -0.15) is 0 Å². The van der Waals surface area contributed by atoms with Crippen molar-refractivity contribution in [1.29, 1.82) is 0 Å². The average molecular weight is 271 g/mol. The Hall–Kier alpha value is -1.79. The number of hydrogen-bond acceptors (Lipinski definition) is 1. The van der Waals surface area contributed by atoms with Gasteiger partial charge >= 0.3 is 0 Å². The first-order valence-electron chi connectivity index (χ1n) is 7.45. The number of nitrogens with one attached hydrogen (secondary N) is 1. The zero-order valence-corrected chi connectivity index (χ0v) is 12.2. The highest BCUT2D eigenvalue weighted by Gasteiger charge is 2.23. The maximum Gasteiger partial charge on any atom is 0.254 e. The van der Waals surface area contributed by atoms with E-state index in [0.29, 0.717) is 0 Å². The second kappa shape index (κ2) is 7.72. The Balaban J connectivity index is 1.80. The normalized spacial score (nSPS) is 15.6. The van der Waals surface area contributed by atoms with Crippen LogP contribution in [0.25, 0.3) is 0 Å². The standard InChI is InChI=1S/C17H22N2O/c1-2-3-4-8-11-18-12-14-19(15-13-18)17(20)16-9-6-5-7-10-16/h5-7,9-10H,2-3,11-15H2,1H3/p+1. The van der Waals surface area contributed by atoms with Gasteiger partial charge in [-0.05, 0) is 24.5 Å². The van der Waals surface area contributed by atoms with Crippen LogP contribution in [0.15, 0.2) is 30.3 Å². The molecule has 0 radical (unpaired) electrons. The molecule has 1 amide bonds. The predicted octanol–water partition coefficient (Wildman–Crippen LogP) is 0.831. The molecule has 1 fully saturated rings. The molecule has 1 aliphatic rings. The summed E-state index contributed by atoms with van der Waals surface area (Å²) in [7, 11) is 0. The van der Waals surface area contributed by atoms with Crippen LogP contribution in [0.1, 0.15) is 30.1 Å². The number of carbonyl (C=O) groups is 1. The third-order valence-electron chi connectivity index (χ3n) is 3.62. The number of amides is 1. The van der Waals surface area contributed by atoms with Gasteiger partial charge in [-0.25, -0.2) is 0 Å². The number of unbranched alkanes of at least 4 members (excludes halogenated alkanes) is 1. The number of benzene rings is 1. The van der Waals surface area contributed by atoms with Gasteiger partial charge in [0, 0.05) is 12.0 Å². The lowest BCUT2D eigenvalue weighted by Crippen LogP contribution is -3.14. The minimum Gasteiger partial charge on any atom is -0.327 e. The van der Waals surface area contributed by atoms with Crippen LogP contribution in [-0.2, 0) is 0 Å². The van der Waals surface area contributed by atoms with E-state index in [9.17, 15) is 4.79 Å². The SMILES string of the molecule is CCCC#CC[NH+]1CCN(C(=O)c2ccccc2)CC1. The molecule has 1 saturated heterocycles. The highest BCUT2D eigenvalue weighted by Crippen LogP contribution is 2.04. The first-order valence-corrected chi connectivity index (χ1v) is 7.45. The average Bonchev–Trinajstić information content (AvgIpc) is 2.52. The summed E-state index contributed by atoms with van der Waals surface area (Å²) in [4.78, 5) is 15.7. The van der Waals surface area contributed by atoms with E-state index in [0.717, 1.165) is 51.1 Å². The highest BCUT2D eigenvalue weighted by molar-refractivity contribution is 5.94. The maximum atomic E-state index is 12.3. The Labute approximate surface area is 121 Å². The van der Waals surface area contributed by atoms with Gasteiger partial charge in [-0.1, -0.05) is 31.0 Å². The molecular weight excluding hydrogens is 248 g/mol. The van der Waals surface area contributed by atoms with E-state index in [4.69, 9.17) is 0 Å². The zero-order valence-electron chi connectivity index (χ0n) is 12.2. The van der Waals surface area contributed by atoms with Crippen molar-refractivity contribution >= 4 is 5.91 Å². The summed E-state index contributed by atoms with van der Waals surface area (Å²) in [6, 6.07) is 9.54. The van der Waals surface area contributed by atoms with Crippen LogP contribution in [-0.4, -0.2) is 43.5 Å². The van der Waals surface area contributed by atoms with Gasteiger partial charge in [0.2, 0.25) is 0 Å². The van der Waals surface area contributed by atoms with Crippen molar-refractivity contribution in [1.82, 2.24) is 4.90 Å². The Kier molecular flexibility index (Phi) is 5.64. The van der Waals surface area contributed by atoms with Gasteiger partial charge in [-0.3, -0.25) is 4.79 Å². The van der Waals surface area contributed by atoms with E-state index >= 15 is 0 Å². The molecule has 0 aliphatic carbocycles. The Morgan fingerprint density at radius 3 is 2.55 bits per heavy atom. The Morgan fingerprint density at radius 1 is 1.20 bits per heavy atom. The van der Waals surface area contributed by atoms with Gasteiger partial charge in [0.15, 0.2) is 0 Å². The number of nitrogens with zero attached hydrogens (tertiary/aromatic N) is 1. The van der Waals surface area contributed by atoms with E-state index in [2.05, 4.69) is 18.8 Å².